The Kier molecular flexibility index (Phi) is 25.4. The number of nitrogens with one attached hydrogen (secondary N) is 12. The highest BCUT2D eigenvalue weighted by molar-refractivity contribution is 5.99. The number of aromatic amines is 3. The van der Waals surface area contributed by atoms with Gasteiger partial charge in [-0.15, -0.1) is 0 Å². The standard InChI is InChI=1S/C53H78N16O12/c1-8-9-13-36(45(55)73)64-50(78)38(17-27(2)3)66-51(79)40(19-32-23-56-25-59-32)65-46(74)29(6)62-53(81)44(28(4)5)69-47(75)30(7)61-49(77)39(18-31-22-58-35-14-11-10-12-34(31)35)67-52(80)41(20-33-24-57-26-60-33)68-48(76)37(15-16-43(71)72)63-42(70)21-54/h10-12,14,22-30,36-41,44,58H,8-9,13,15-21,54H2,1-7H3,(H2,55,73)(H,56,59)(H,57,60)(H,61,77)(H,62,81)(H,63,70)(H,64,78)(H,65,74)(H,66,79)(H,67,80)(H,68,76)(H,69,75)(H,71,72)/t29-,30+,36+,37+,38+,39+,40+,41+,44+/m1/s1. The Morgan fingerprint density at radius 2 is 1.06 bits per heavy atom. The van der Waals surface area contributed by atoms with E-state index in [9.17, 15) is 57.8 Å². The van der Waals surface area contributed by atoms with E-state index >= 15 is 0 Å². The number of aromatic nitrogens is 5. The molecule has 0 bridgehead atoms. The summed E-state index contributed by atoms with van der Waals surface area (Å²) in [5, 5.41) is 33.5. The maximum atomic E-state index is 14.4. The zero-order chi connectivity index (χ0) is 59.9. The van der Waals surface area contributed by atoms with Gasteiger partial charge in [0.05, 0.1) is 19.2 Å². The quantitative estimate of drug-likeness (QED) is 0.0247. The average Bonchev–Trinajstić information content (AvgIpc) is 4.23. The Balaban J connectivity index is 1.50. The number of nitrogens with two attached hydrogens (primary N) is 2. The van der Waals surface area contributed by atoms with Gasteiger partial charge in [-0.1, -0.05) is 65.7 Å². The molecule has 0 aliphatic rings. The molecular formula is C53H78N16O12. The molecule has 3 heterocycles. The smallest absolute Gasteiger partial charge is 0.303 e. The van der Waals surface area contributed by atoms with Gasteiger partial charge in [0.1, 0.15) is 54.4 Å². The highest BCUT2D eigenvalue weighted by atomic mass is 16.4. The van der Waals surface area contributed by atoms with Gasteiger partial charge in [0, 0.05) is 66.6 Å². The summed E-state index contributed by atoms with van der Waals surface area (Å²) in [6, 6.07) is -4.40. The van der Waals surface area contributed by atoms with Gasteiger partial charge < -0.3 is 79.4 Å². The predicted molar refractivity (Wildman–Crippen MR) is 294 cm³/mol. The van der Waals surface area contributed by atoms with Gasteiger partial charge in [-0.3, -0.25) is 52.7 Å². The number of hydrogen-bond donors (Lipinski definition) is 15. The first kappa shape index (κ1) is 64.8. The van der Waals surface area contributed by atoms with Crippen molar-refractivity contribution in [3.05, 3.63) is 72.5 Å². The largest absolute Gasteiger partial charge is 0.481 e. The number of carbonyl (C=O) groups excluding carboxylic acids is 10. The number of nitrogens with zero attached hydrogens (tertiary/aromatic N) is 2. The molecule has 0 unspecified atom stereocenters. The van der Waals surface area contributed by atoms with Gasteiger partial charge in [-0.2, -0.15) is 0 Å². The van der Waals surface area contributed by atoms with E-state index in [1.165, 1.54) is 38.9 Å². The molecule has 0 radical (unpaired) electrons. The van der Waals surface area contributed by atoms with Gasteiger partial charge in [0.25, 0.3) is 0 Å². The Morgan fingerprint density at radius 3 is 1.58 bits per heavy atom. The van der Waals surface area contributed by atoms with Crippen LogP contribution in [0.3, 0.4) is 0 Å². The lowest BCUT2D eigenvalue weighted by molar-refractivity contribution is -0.138. The van der Waals surface area contributed by atoms with Crippen molar-refractivity contribution in [1.29, 1.82) is 0 Å². The van der Waals surface area contributed by atoms with Crippen LogP contribution in [-0.2, 0) is 72.0 Å². The number of fused-ring (bicyclic) bond motifs is 1. The first-order chi connectivity index (χ1) is 38.4. The molecule has 3 aromatic heterocycles. The number of carboxylic acids is 1. The second kappa shape index (κ2) is 31.8. The monoisotopic (exact) mass is 1130 g/mol. The fraction of sp³-hybridized carbons (Fsp3) is 0.528. The molecule has 0 fully saturated rings. The van der Waals surface area contributed by atoms with E-state index in [4.69, 9.17) is 11.5 Å². The number of amides is 10. The van der Waals surface area contributed by atoms with Crippen molar-refractivity contribution in [2.45, 2.75) is 161 Å². The second-order valence-electron chi connectivity index (χ2n) is 20.6. The van der Waals surface area contributed by atoms with E-state index in [1.807, 2.05) is 20.8 Å². The summed E-state index contributed by atoms with van der Waals surface area (Å²) in [5.41, 5.74) is 13.2. The van der Waals surface area contributed by atoms with E-state index in [1.54, 1.807) is 44.3 Å². The molecular weight excluding hydrogens is 1050 g/mol. The topological polar surface area (TPSA) is 441 Å². The van der Waals surface area contributed by atoms with E-state index in [0.717, 1.165) is 11.9 Å². The molecule has 0 aliphatic heterocycles. The van der Waals surface area contributed by atoms with Crippen LogP contribution in [0.4, 0.5) is 0 Å². The van der Waals surface area contributed by atoms with E-state index in [-0.39, 0.29) is 38.0 Å². The molecule has 17 N–H and O–H groups in total. The first-order valence-corrected chi connectivity index (χ1v) is 26.8. The fourth-order valence-corrected chi connectivity index (χ4v) is 8.51. The summed E-state index contributed by atoms with van der Waals surface area (Å²) in [6.45, 7) is 11.1. The molecule has 1 aromatic carbocycles. The van der Waals surface area contributed by atoms with Crippen molar-refractivity contribution in [2.24, 2.45) is 23.3 Å². The Morgan fingerprint density at radius 1 is 0.568 bits per heavy atom. The van der Waals surface area contributed by atoms with Crippen molar-refractivity contribution in [3.63, 3.8) is 0 Å². The molecule has 0 saturated carbocycles. The van der Waals surface area contributed by atoms with Crippen LogP contribution < -0.4 is 59.3 Å². The lowest BCUT2D eigenvalue weighted by Crippen LogP contribution is -2.61. The maximum Gasteiger partial charge on any atom is 0.303 e. The number of H-pyrrole nitrogens is 3. The third kappa shape index (κ3) is 20.8. The normalized spacial score (nSPS) is 14.6. The number of benzene rings is 1. The molecule has 442 valence electrons. The number of hydrogen-bond acceptors (Lipinski definition) is 14. The number of para-hydroxylation sites is 1. The molecule has 28 nitrogen and oxygen atoms in total. The van der Waals surface area contributed by atoms with Crippen LogP contribution in [0, 0.1) is 11.8 Å². The van der Waals surface area contributed by atoms with Crippen LogP contribution in [0.1, 0.15) is 104 Å². The summed E-state index contributed by atoms with van der Waals surface area (Å²) < 4.78 is 0. The van der Waals surface area contributed by atoms with Crippen molar-refractivity contribution in [1.82, 2.24) is 72.8 Å². The minimum absolute atomic E-state index is 0.0889. The van der Waals surface area contributed by atoms with Crippen LogP contribution in [-0.4, -0.2) is 156 Å². The molecule has 0 aliphatic carbocycles. The van der Waals surface area contributed by atoms with Gasteiger partial charge in [0.2, 0.25) is 59.1 Å². The lowest BCUT2D eigenvalue weighted by atomic mass is 10.0. The molecule has 9 atom stereocenters. The van der Waals surface area contributed by atoms with Gasteiger partial charge >= 0.3 is 5.97 Å². The zero-order valence-electron chi connectivity index (χ0n) is 46.6. The van der Waals surface area contributed by atoms with Gasteiger partial charge in [-0.05, 0) is 56.6 Å². The number of carboxylic acid groups (broad SMARTS) is 1. The third-order valence-corrected chi connectivity index (χ3v) is 13.0. The second-order valence-corrected chi connectivity index (χ2v) is 20.6. The maximum absolute atomic E-state index is 14.4. The summed E-state index contributed by atoms with van der Waals surface area (Å²) in [5.74, 6) is -9.85. The van der Waals surface area contributed by atoms with Crippen LogP contribution in [0.25, 0.3) is 10.9 Å². The fourth-order valence-electron chi connectivity index (χ4n) is 8.51. The van der Waals surface area contributed by atoms with Crippen molar-refractivity contribution >= 4 is 75.9 Å². The average molecular weight is 1130 g/mol. The molecule has 0 spiro atoms. The number of aliphatic carboxylic acids is 1. The summed E-state index contributed by atoms with van der Waals surface area (Å²) in [7, 11) is 0. The highest BCUT2D eigenvalue weighted by Gasteiger charge is 2.35. The lowest BCUT2D eigenvalue weighted by Gasteiger charge is -2.28. The Hall–Kier alpha value is -8.69. The van der Waals surface area contributed by atoms with E-state index in [2.05, 4.69) is 72.8 Å². The van der Waals surface area contributed by atoms with Gasteiger partial charge in [-0.25, -0.2) is 9.97 Å². The number of imidazole rings is 2. The summed E-state index contributed by atoms with van der Waals surface area (Å²) >= 11 is 0. The zero-order valence-corrected chi connectivity index (χ0v) is 46.6. The molecule has 81 heavy (non-hydrogen) atoms. The SMILES string of the molecule is CCCC[C@H](NC(=O)[C@H](CC(C)C)NC(=O)[C@H](Cc1cnc[nH]1)NC(=O)[C@@H](C)NC(=O)[C@@H](NC(=O)[C@H](C)NC(=O)[C@H](Cc1c[nH]c2ccccc12)NC(=O)[C@H](Cc1cnc[nH]1)NC(=O)[C@H](CCC(=O)O)NC(=O)CN)C(C)C)C(N)=O. The molecule has 28 heteroatoms. The Bertz CT molecular complexity index is 2780. The predicted octanol–water partition coefficient (Wildman–Crippen LogP) is -1.75. The van der Waals surface area contributed by atoms with Crippen LogP contribution in [0.2, 0.25) is 0 Å². The molecule has 4 rings (SSSR count). The highest BCUT2D eigenvalue weighted by Crippen LogP contribution is 2.20. The van der Waals surface area contributed by atoms with E-state index in [0.29, 0.717) is 35.2 Å². The minimum atomic E-state index is -1.44. The Labute approximate surface area is 468 Å². The minimum Gasteiger partial charge on any atom is -0.481 e. The number of primary amides is 1. The van der Waals surface area contributed by atoms with Crippen LogP contribution >= 0.6 is 0 Å². The van der Waals surface area contributed by atoms with E-state index < -0.39 is 138 Å². The van der Waals surface area contributed by atoms with Crippen LogP contribution in [0.15, 0.2) is 55.5 Å². The number of rotatable bonds is 34. The summed E-state index contributed by atoms with van der Waals surface area (Å²) in [4.78, 5) is 164. The van der Waals surface area contributed by atoms with Gasteiger partial charge in [0.15, 0.2) is 0 Å². The van der Waals surface area contributed by atoms with Crippen molar-refractivity contribution in [2.75, 3.05) is 6.54 Å². The third-order valence-electron chi connectivity index (χ3n) is 13.0. The molecule has 4 aromatic rings. The van der Waals surface area contributed by atoms with Crippen LogP contribution in [0.5, 0.6) is 0 Å². The van der Waals surface area contributed by atoms with Crippen molar-refractivity contribution in [3.8, 4) is 0 Å². The molecule has 10 amide bonds. The number of carbonyl (C=O) groups is 11. The number of unbranched alkanes of at least 4 members (excludes halogenated alkanes) is 1. The molecule has 0 saturated heterocycles. The summed E-state index contributed by atoms with van der Waals surface area (Å²) in [6.07, 6.45) is 7.76. The van der Waals surface area contributed by atoms with Crippen molar-refractivity contribution < 1.29 is 57.8 Å². The first-order valence-electron chi connectivity index (χ1n) is 26.8.